The van der Waals surface area contributed by atoms with Crippen molar-refractivity contribution < 1.29 is 19.0 Å². The number of piperazine rings is 1. The zero-order valence-electron chi connectivity index (χ0n) is 18.8. The van der Waals surface area contributed by atoms with Crippen molar-refractivity contribution in [3.63, 3.8) is 0 Å². The lowest BCUT2D eigenvalue weighted by Gasteiger charge is -2.35. The van der Waals surface area contributed by atoms with Gasteiger partial charge in [-0.05, 0) is 48.9 Å². The summed E-state index contributed by atoms with van der Waals surface area (Å²) in [6, 6.07) is 13.6. The van der Waals surface area contributed by atoms with Gasteiger partial charge in [0.1, 0.15) is 5.75 Å². The Labute approximate surface area is 192 Å². The van der Waals surface area contributed by atoms with E-state index in [2.05, 4.69) is 20.9 Å². The smallest absolute Gasteiger partial charge is 0.257 e. The SMILES string of the molecule is COc1ccc(-c2ncc(C(=O)N3CCN(Cc4ccc5c(c4)OCO5)CC3)c(C)n2)cc1. The van der Waals surface area contributed by atoms with Crippen molar-refractivity contribution in [3.8, 4) is 28.6 Å². The van der Waals surface area contributed by atoms with Crippen LogP contribution in [0.25, 0.3) is 11.4 Å². The molecule has 0 unspecified atom stereocenters. The molecular formula is C25H26N4O4. The molecule has 170 valence electrons. The number of hydrogen-bond donors (Lipinski definition) is 0. The third kappa shape index (κ3) is 4.47. The molecule has 0 N–H and O–H groups in total. The number of aryl methyl sites for hydroxylation is 1. The average Bonchev–Trinajstić information content (AvgIpc) is 3.32. The van der Waals surface area contributed by atoms with Gasteiger partial charge in [0.25, 0.3) is 5.91 Å². The molecule has 0 bridgehead atoms. The Morgan fingerprint density at radius 2 is 1.79 bits per heavy atom. The fourth-order valence-electron chi connectivity index (χ4n) is 4.13. The van der Waals surface area contributed by atoms with E-state index in [0.29, 0.717) is 30.2 Å². The van der Waals surface area contributed by atoms with E-state index in [9.17, 15) is 4.79 Å². The number of fused-ring (bicyclic) bond motifs is 1. The van der Waals surface area contributed by atoms with Gasteiger partial charge in [-0.25, -0.2) is 9.97 Å². The van der Waals surface area contributed by atoms with Crippen molar-refractivity contribution in [1.82, 2.24) is 19.8 Å². The minimum atomic E-state index is -0.0171. The lowest BCUT2D eigenvalue weighted by Crippen LogP contribution is -2.48. The summed E-state index contributed by atoms with van der Waals surface area (Å²) in [6.45, 7) is 5.92. The lowest BCUT2D eigenvalue weighted by atomic mass is 10.1. The number of ether oxygens (including phenoxy) is 3. The van der Waals surface area contributed by atoms with E-state index in [1.807, 2.05) is 48.2 Å². The van der Waals surface area contributed by atoms with E-state index in [0.717, 1.165) is 42.4 Å². The minimum Gasteiger partial charge on any atom is -0.497 e. The molecule has 0 spiro atoms. The second-order valence-corrected chi connectivity index (χ2v) is 8.18. The number of amides is 1. The van der Waals surface area contributed by atoms with Gasteiger partial charge in [-0.3, -0.25) is 9.69 Å². The number of carbonyl (C=O) groups is 1. The first-order chi connectivity index (χ1) is 16.1. The number of rotatable bonds is 5. The van der Waals surface area contributed by atoms with Gasteiger partial charge < -0.3 is 19.1 Å². The van der Waals surface area contributed by atoms with Gasteiger partial charge in [0.15, 0.2) is 17.3 Å². The standard InChI is InChI=1S/C25H26N4O4/c1-17-21(14-26-24(27-17)19-4-6-20(31-2)7-5-19)25(30)29-11-9-28(10-12-29)15-18-3-8-22-23(13-18)33-16-32-22/h3-8,13-14H,9-12,15-16H2,1-2H3. The second-order valence-electron chi connectivity index (χ2n) is 8.18. The van der Waals surface area contributed by atoms with Gasteiger partial charge in [-0.15, -0.1) is 0 Å². The molecule has 8 nitrogen and oxygen atoms in total. The molecule has 2 aliphatic heterocycles. The molecule has 8 heteroatoms. The first-order valence-corrected chi connectivity index (χ1v) is 11.0. The largest absolute Gasteiger partial charge is 0.497 e. The predicted molar refractivity (Wildman–Crippen MR) is 123 cm³/mol. The number of methoxy groups -OCH3 is 1. The van der Waals surface area contributed by atoms with Crippen LogP contribution in [0, 0.1) is 6.92 Å². The van der Waals surface area contributed by atoms with Crippen molar-refractivity contribution in [3.05, 3.63) is 65.5 Å². The third-order valence-corrected chi connectivity index (χ3v) is 6.06. The van der Waals surface area contributed by atoms with E-state index < -0.39 is 0 Å². The van der Waals surface area contributed by atoms with Crippen LogP contribution >= 0.6 is 0 Å². The Morgan fingerprint density at radius 3 is 2.52 bits per heavy atom. The number of benzene rings is 2. The second kappa shape index (κ2) is 9.07. The highest BCUT2D eigenvalue weighted by Crippen LogP contribution is 2.33. The molecule has 1 fully saturated rings. The number of aromatic nitrogens is 2. The van der Waals surface area contributed by atoms with Crippen LogP contribution in [0.2, 0.25) is 0 Å². The van der Waals surface area contributed by atoms with E-state index in [4.69, 9.17) is 14.2 Å². The molecule has 3 heterocycles. The first kappa shape index (κ1) is 21.2. The molecule has 0 radical (unpaired) electrons. The highest BCUT2D eigenvalue weighted by molar-refractivity contribution is 5.95. The monoisotopic (exact) mass is 446 g/mol. The normalized spacial score (nSPS) is 15.5. The first-order valence-electron chi connectivity index (χ1n) is 11.0. The summed E-state index contributed by atoms with van der Waals surface area (Å²) in [5, 5.41) is 0. The van der Waals surface area contributed by atoms with Crippen LogP contribution in [0.4, 0.5) is 0 Å². The summed E-state index contributed by atoms with van der Waals surface area (Å²) in [5.74, 6) is 2.95. The van der Waals surface area contributed by atoms with Gasteiger partial charge in [-0.1, -0.05) is 6.07 Å². The molecule has 2 aliphatic rings. The summed E-state index contributed by atoms with van der Waals surface area (Å²) < 4.78 is 16.1. The molecule has 3 aromatic rings. The van der Waals surface area contributed by atoms with Crippen LogP contribution < -0.4 is 14.2 Å². The van der Waals surface area contributed by atoms with Crippen LogP contribution in [0.1, 0.15) is 21.6 Å². The summed E-state index contributed by atoms with van der Waals surface area (Å²) >= 11 is 0. The molecule has 33 heavy (non-hydrogen) atoms. The Balaban J connectivity index is 1.20. The number of carbonyl (C=O) groups excluding carboxylic acids is 1. The summed E-state index contributed by atoms with van der Waals surface area (Å²) in [7, 11) is 1.63. The van der Waals surface area contributed by atoms with Crippen LogP contribution in [0.5, 0.6) is 17.2 Å². The molecule has 2 aromatic carbocycles. The van der Waals surface area contributed by atoms with Gasteiger partial charge >= 0.3 is 0 Å². The van der Waals surface area contributed by atoms with Crippen LogP contribution in [-0.2, 0) is 6.54 Å². The van der Waals surface area contributed by atoms with Gasteiger partial charge in [0.05, 0.1) is 18.4 Å². The predicted octanol–water partition coefficient (Wildman–Crippen LogP) is 3.15. The molecule has 1 aromatic heterocycles. The highest BCUT2D eigenvalue weighted by Gasteiger charge is 2.24. The minimum absolute atomic E-state index is 0.0171. The van der Waals surface area contributed by atoms with Crippen molar-refractivity contribution in [2.75, 3.05) is 40.1 Å². The number of hydrogen-bond acceptors (Lipinski definition) is 7. The highest BCUT2D eigenvalue weighted by atomic mass is 16.7. The van der Waals surface area contributed by atoms with Crippen LogP contribution in [0.3, 0.4) is 0 Å². The van der Waals surface area contributed by atoms with Gasteiger partial charge in [0, 0.05) is 44.5 Å². The van der Waals surface area contributed by atoms with E-state index in [-0.39, 0.29) is 12.7 Å². The lowest BCUT2D eigenvalue weighted by molar-refractivity contribution is 0.0627. The Hall–Kier alpha value is -3.65. The maximum absolute atomic E-state index is 13.1. The van der Waals surface area contributed by atoms with E-state index >= 15 is 0 Å². The van der Waals surface area contributed by atoms with E-state index in [1.165, 1.54) is 5.56 Å². The Morgan fingerprint density at radius 1 is 1.03 bits per heavy atom. The Kier molecular flexibility index (Phi) is 5.83. The third-order valence-electron chi connectivity index (χ3n) is 6.06. The maximum Gasteiger partial charge on any atom is 0.257 e. The summed E-state index contributed by atoms with van der Waals surface area (Å²) in [6.07, 6.45) is 1.64. The van der Waals surface area contributed by atoms with Crippen molar-refractivity contribution >= 4 is 5.91 Å². The summed E-state index contributed by atoms with van der Waals surface area (Å²) in [4.78, 5) is 26.4. The fourth-order valence-corrected chi connectivity index (χ4v) is 4.13. The van der Waals surface area contributed by atoms with Gasteiger partial charge in [-0.2, -0.15) is 0 Å². The molecule has 1 saturated heterocycles. The zero-order valence-corrected chi connectivity index (χ0v) is 18.8. The molecule has 1 amide bonds. The molecule has 0 atom stereocenters. The van der Waals surface area contributed by atoms with E-state index in [1.54, 1.807) is 13.3 Å². The maximum atomic E-state index is 13.1. The van der Waals surface area contributed by atoms with Crippen molar-refractivity contribution in [1.29, 1.82) is 0 Å². The van der Waals surface area contributed by atoms with Crippen LogP contribution in [-0.4, -0.2) is 65.8 Å². The van der Waals surface area contributed by atoms with Gasteiger partial charge in [0.2, 0.25) is 6.79 Å². The molecular weight excluding hydrogens is 420 g/mol. The number of nitrogens with zero attached hydrogens (tertiary/aromatic N) is 4. The topological polar surface area (TPSA) is 77.0 Å². The fraction of sp³-hybridized carbons (Fsp3) is 0.320. The van der Waals surface area contributed by atoms with Crippen molar-refractivity contribution in [2.24, 2.45) is 0 Å². The Bertz CT molecular complexity index is 1160. The average molecular weight is 447 g/mol. The molecule has 5 rings (SSSR count). The molecule has 0 aliphatic carbocycles. The van der Waals surface area contributed by atoms with Crippen molar-refractivity contribution in [2.45, 2.75) is 13.5 Å². The molecule has 0 saturated carbocycles. The zero-order chi connectivity index (χ0) is 22.8. The quantitative estimate of drug-likeness (QED) is 0.596. The van der Waals surface area contributed by atoms with Crippen LogP contribution in [0.15, 0.2) is 48.7 Å². The summed E-state index contributed by atoms with van der Waals surface area (Å²) in [5.41, 5.74) is 3.30.